The van der Waals surface area contributed by atoms with Gasteiger partial charge in [0.25, 0.3) is 0 Å². The molecule has 5 rings (SSSR count). The summed E-state index contributed by atoms with van der Waals surface area (Å²) in [6.07, 6.45) is 2.46. The van der Waals surface area contributed by atoms with E-state index in [-0.39, 0.29) is 11.8 Å². The highest BCUT2D eigenvalue weighted by molar-refractivity contribution is 6.24. The molecule has 0 bridgehead atoms. The van der Waals surface area contributed by atoms with E-state index in [0.717, 1.165) is 34.0 Å². The van der Waals surface area contributed by atoms with E-state index >= 15 is 0 Å². The van der Waals surface area contributed by atoms with Crippen molar-refractivity contribution >= 4 is 28.8 Å². The molecule has 0 spiro atoms. The molecule has 1 atom stereocenters. The molecule has 2 aromatic carbocycles. The number of hydrogen-bond donors (Lipinski definition) is 1. The number of hydrogen-bond acceptors (Lipinski definition) is 4. The molecule has 0 fully saturated rings. The standard InChI is InChI=1S/C19H16N4O/c1-2-6-13-12-7-5-8-14-17(12)23(19(13)24)16-10-4-3-9-15(16)22-11-20-21-18(14)22/h2-5,7-10,13,20H,1,6,11H2. The number of anilines is 3. The van der Waals surface area contributed by atoms with Crippen molar-refractivity contribution in [2.24, 2.45) is 5.10 Å². The van der Waals surface area contributed by atoms with Gasteiger partial charge < -0.3 is 4.90 Å². The number of amides is 1. The highest BCUT2D eigenvalue weighted by atomic mass is 16.2. The van der Waals surface area contributed by atoms with Crippen LogP contribution in [0.1, 0.15) is 23.5 Å². The van der Waals surface area contributed by atoms with E-state index in [4.69, 9.17) is 0 Å². The minimum atomic E-state index is -0.174. The lowest BCUT2D eigenvalue weighted by Crippen LogP contribution is -2.29. The SMILES string of the molecule is C=CCC1C(=O)N2c3ccccc3N3CNN=C3c3cccc1c32. The first-order valence-electron chi connectivity index (χ1n) is 8.06. The monoisotopic (exact) mass is 316 g/mol. The molecule has 3 heterocycles. The van der Waals surface area contributed by atoms with E-state index < -0.39 is 0 Å². The number of nitrogens with zero attached hydrogens (tertiary/aromatic N) is 3. The van der Waals surface area contributed by atoms with Crippen LogP contribution in [-0.2, 0) is 4.79 Å². The Balaban J connectivity index is 1.86. The predicted octanol–water partition coefficient (Wildman–Crippen LogP) is 3.07. The van der Waals surface area contributed by atoms with Crippen LogP contribution < -0.4 is 15.2 Å². The fraction of sp³-hybridized carbons (Fsp3) is 0.158. The number of carbonyl (C=O) groups excluding carboxylic acids is 1. The van der Waals surface area contributed by atoms with E-state index in [9.17, 15) is 4.79 Å². The summed E-state index contributed by atoms with van der Waals surface area (Å²) in [6.45, 7) is 4.43. The van der Waals surface area contributed by atoms with Crippen LogP contribution in [0.4, 0.5) is 17.1 Å². The van der Waals surface area contributed by atoms with Crippen LogP contribution in [0.3, 0.4) is 0 Å². The van der Waals surface area contributed by atoms with Crippen molar-refractivity contribution in [1.82, 2.24) is 5.43 Å². The lowest BCUT2D eigenvalue weighted by molar-refractivity contribution is -0.118. The van der Waals surface area contributed by atoms with Gasteiger partial charge in [-0.1, -0.05) is 30.3 Å². The van der Waals surface area contributed by atoms with Crippen LogP contribution in [0.15, 0.2) is 60.2 Å². The zero-order valence-electron chi connectivity index (χ0n) is 13.1. The Bertz CT molecular complexity index is 917. The molecule has 5 nitrogen and oxygen atoms in total. The van der Waals surface area contributed by atoms with Gasteiger partial charge >= 0.3 is 0 Å². The van der Waals surface area contributed by atoms with Gasteiger partial charge in [0.2, 0.25) is 5.91 Å². The third-order valence-electron chi connectivity index (χ3n) is 4.91. The van der Waals surface area contributed by atoms with E-state index in [1.807, 2.05) is 53.4 Å². The summed E-state index contributed by atoms with van der Waals surface area (Å²) in [4.78, 5) is 17.2. The first-order chi connectivity index (χ1) is 11.8. The maximum Gasteiger partial charge on any atom is 0.239 e. The van der Waals surface area contributed by atoms with E-state index in [0.29, 0.717) is 13.1 Å². The van der Waals surface area contributed by atoms with E-state index in [1.165, 1.54) is 0 Å². The fourth-order valence-electron chi connectivity index (χ4n) is 3.91. The summed E-state index contributed by atoms with van der Waals surface area (Å²) in [7, 11) is 0. The van der Waals surface area contributed by atoms with Gasteiger partial charge in [0.05, 0.1) is 23.0 Å². The number of para-hydroxylation sites is 3. The van der Waals surface area contributed by atoms with E-state index in [1.54, 1.807) is 0 Å². The number of rotatable bonds is 2. The van der Waals surface area contributed by atoms with Gasteiger partial charge in [-0.05, 0) is 30.2 Å². The van der Waals surface area contributed by atoms with E-state index in [2.05, 4.69) is 22.0 Å². The average molecular weight is 316 g/mol. The molecule has 24 heavy (non-hydrogen) atoms. The molecule has 2 aromatic rings. The van der Waals surface area contributed by atoms with Crippen molar-refractivity contribution in [2.75, 3.05) is 16.5 Å². The molecule has 1 N–H and O–H groups in total. The third kappa shape index (κ3) is 1.53. The second kappa shape index (κ2) is 4.71. The molecule has 0 saturated carbocycles. The fourth-order valence-corrected chi connectivity index (χ4v) is 3.91. The van der Waals surface area contributed by atoms with Crippen LogP contribution in [-0.4, -0.2) is 18.4 Å². The van der Waals surface area contributed by atoms with Crippen molar-refractivity contribution in [2.45, 2.75) is 12.3 Å². The largest absolute Gasteiger partial charge is 0.303 e. The molecule has 5 heteroatoms. The predicted molar refractivity (Wildman–Crippen MR) is 94.6 cm³/mol. The summed E-state index contributed by atoms with van der Waals surface area (Å²) in [6, 6.07) is 14.1. The van der Waals surface area contributed by atoms with Crippen LogP contribution in [0.25, 0.3) is 0 Å². The molecule has 3 aliphatic heterocycles. The van der Waals surface area contributed by atoms with Crippen LogP contribution in [0.5, 0.6) is 0 Å². The Morgan fingerprint density at radius 1 is 1.21 bits per heavy atom. The first kappa shape index (κ1) is 13.4. The minimum Gasteiger partial charge on any atom is -0.303 e. The quantitative estimate of drug-likeness (QED) is 0.866. The normalized spacial score (nSPS) is 19.9. The number of allylic oxidation sites excluding steroid dienone is 1. The Morgan fingerprint density at radius 3 is 2.88 bits per heavy atom. The number of nitrogens with one attached hydrogen (secondary N) is 1. The molecule has 0 aromatic heterocycles. The Morgan fingerprint density at radius 2 is 2.04 bits per heavy atom. The van der Waals surface area contributed by atoms with Crippen LogP contribution >= 0.6 is 0 Å². The van der Waals surface area contributed by atoms with Gasteiger partial charge in [-0.25, -0.2) is 0 Å². The number of benzene rings is 2. The molecule has 0 aliphatic carbocycles. The van der Waals surface area contributed by atoms with Crippen molar-refractivity contribution in [3.05, 3.63) is 66.2 Å². The number of amidine groups is 1. The van der Waals surface area contributed by atoms with Gasteiger partial charge in [0.15, 0.2) is 5.84 Å². The van der Waals surface area contributed by atoms with Crippen molar-refractivity contribution in [3.63, 3.8) is 0 Å². The summed E-state index contributed by atoms with van der Waals surface area (Å²) >= 11 is 0. The molecule has 1 amide bonds. The topological polar surface area (TPSA) is 47.9 Å². The number of carbonyl (C=O) groups is 1. The first-order valence-corrected chi connectivity index (χ1v) is 8.06. The zero-order valence-corrected chi connectivity index (χ0v) is 13.1. The van der Waals surface area contributed by atoms with Gasteiger partial charge in [-0.3, -0.25) is 15.1 Å². The lowest BCUT2D eigenvalue weighted by Gasteiger charge is -2.22. The third-order valence-corrected chi connectivity index (χ3v) is 4.91. The highest BCUT2D eigenvalue weighted by Crippen LogP contribution is 2.50. The maximum atomic E-state index is 13.2. The highest BCUT2D eigenvalue weighted by Gasteiger charge is 2.44. The molecule has 118 valence electrons. The summed E-state index contributed by atoms with van der Waals surface area (Å²) in [5.74, 6) is 0.806. The van der Waals surface area contributed by atoms with Crippen molar-refractivity contribution in [3.8, 4) is 0 Å². The Labute approximate surface area is 139 Å². The molecule has 3 aliphatic rings. The molecule has 0 radical (unpaired) electrons. The maximum absolute atomic E-state index is 13.2. The second-order valence-electron chi connectivity index (χ2n) is 6.16. The molecule has 1 unspecified atom stereocenters. The van der Waals surface area contributed by atoms with Gasteiger partial charge in [-0.15, -0.1) is 6.58 Å². The summed E-state index contributed by atoms with van der Waals surface area (Å²) in [5, 5.41) is 4.49. The Hall–Kier alpha value is -3.08. The minimum absolute atomic E-state index is 0.111. The number of hydrazone groups is 1. The van der Waals surface area contributed by atoms with Crippen LogP contribution in [0.2, 0.25) is 0 Å². The summed E-state index contributed by atoms with van der Waals surface area (Å²) < 4.78 is 0. The summed E-state index contributed by atoms with van der Waals surface area (Å²) in [5.41, 5.74) is 8.00. The van der Waals surface area contributed by atoms with Gasteiger partial charge in [0, 0.05) is 5.56 Å². The lowest BCUT2D eigenvalue weighted by atomic mass is 9.95. The molecule has 0 saturated heterocycles. The smallest absolute Gasteiger partial charge is 0.239 e. The zero-order chi connectivity index (χ0) is 16.3. The van der Waals surface area contributed by atoms with Crippen LogP contribution in [0, 0.1) is 0 Å². The molecular weight excluding hydrogens is 300 g/mol. The van der Waals surface area contributed by atoms with Gasteiger partial charge in [-0.2, -0.15) is 5.10 Å². The second-order valence-corrected chi connectivity index (χ2v) is 6.16. The van der Waals surface area contributed by atoms with Gasteiger partial charge in [0.1, 0.15) is 6.67 Å². The van der Waals surface area contributed by atoms with Crippen molar-refractivity contribution in [1.29, 1.82) is 0 Å². The van der Waals surface area contributed by atoms with Crippen molar-refractivity contribution < 1.29 is 4.79 Å². The number of fused-ring (bicyclic) bond motifs is 5. The average Bonchev–Trinajstić information content (AvgIpc) is 3.16. The molecular formula is C19H16N4O. The Kier molecular flexibility index (Phi) is 2.62.